The normalized spacial score (nSPS) is 10.9. The van der Waals surface area contributed by atoms with Crippen LogP contribution >= 0.6 is 27.3 Å². The average molecular weight is 359 g/mol. The lowest BCUT2D eigenvalue weighted by Gasteiger charge is -2.02. The van der Waals surface area contributed by atoms with Crippen molar-refractivity contribution in [2.75, 3.05) is 0 Å². The SMILES string of the molecule is Cc1cc(-c2nc(-c3ccccc3Br)c(C)s2)cc(C)n1. The summed E-state index contributed by atoms with van der Waals surface area (Å²) in [6.45, 7) is 6.16. The molecule has 0 amide bonds. The number of pyridine rings is 1. The highest BCUT2D eigenvalue weighted by Crippen LogP contribution is 2.36. The van der Waals surface area contributed by atoms with Crippen molar-refractivity contribution in [2.24, 2.45) is 0 Å². The van der Waals surface area contributed by atoms with Gasteiger partial charge in [-0.1, -0.05) is 34.1 Å². The van der Waals surface area contributed by atoms with E-state index >= 15 is 0 Å². The lowest BCUT2D eigenvalue weighted by atomic mass is 10.1. The average Bonchev–Trinajstić information content (AvgIpc) is 2.80. The van der Waals surface area contributed by atoms with Gasteiger partial charge in [0.05, 0.1) is 5.69 Å². The van der Waals surface area contributed by atoms with Crippen molar-refractivity contribution in [2.45, 2.75) is 20.8 Å². The van der Waals surface area contributed by atoms with Crippen LogP contribution in [0.15, 0.2) is 40.9 Å². The molecule has 0 fully saturated rings. The molecule has 0 spiro atoms. The number of aryl methyl sites for hydroxylation is 3. The van der Waals surface area contributed by atoms with Gasteiger partial charge in [-0.25, -0.2) is 4.98 Å². The van der Waals surface area contributed by atoms with Crippen LogP contribution in [-0.2, 0) is 0 Å². The van der Waals surface area contributed by atoms with Crippen LogP contribution in [0, 0.1) is 20.8 Å². The Morgan fingerprint density at radius 3 is 2.29 bits per heavy atom. The number of hydrogen-bond donors (Lipinski definition) is 0. The molecule has 0 aliphatic carbocycles. The van der Waals surface area contributed by atoms with Crippen molar-refractivity contribution in [1.29, 1.82) is 0 Å². The molecule has 106 valence electrons. The van der Waals surface area contributed by atoms with E-state index in [1.54, 1.807) is 11.3 Å². The minimum atomic E-state index is 1.03. The molecule has 0 saturated heterocycles. The Morgan fingerprint density at radius 1 is 0.952 bits per heavy atom. The van der Waals surface area contributed by atoms with Gasteiger partial charge in [-0.2, -0.15) is 0 Å². The minimum absolute atomic E-state index is 1.03. The topological polar surface area (TPSA) is 25.8 Å². The van der Waals surface area contributed by atoms with E-state index in [0.717, 1.165) is 37.7 Å². The van der Waals surface area contributed by atoms with Crippen LogP contribution in [0.1, 0.15) is 16.3 Å². The van der Waals surface area contributed by atoms with Crippen LogP contribution in [-0.4, -0.2) is 9.97 Å². The molecular weight excluding hydrogens is 344 g/mol. The predicted molar refractivity (Wildman–Crippen MR) is 92.7 cm³/mol. The molecule has 3 rings (SSSR count). The summed E-state index contributed by atoms with van der Waals surface area (Å²) >= 11 is 5.34. The first-order chi connectivity index (χ1) is 10.0. The van der Waals surface area contributed by atoms with Crippen molar-refractivity contribution < 1.29 is 0 Å². The largest absolute Gasteiger partial charge is 0.258 e. The first kappa shape index (κ1) is 14.4. The monoisotopic (exact) mass is 358 g/mol. The Morgan fingerprint density at radius 2 is 1.62 bits per heavy atom. The molecule has 0 aliphatic heterocycles. The maximum Gasteiger partial charge on any atom is 0.124 e. The van der Waals surface area contributed by atoms with Crippen LogP contribution in [0.2, 0.25) is 0 Å². The van der Waals surface area contributed by atoms with Gasteiger partial charge in [-0.3, -0.25) is 4.98 Å². The van der Waals surface area contributed by atoms with Crippen molar-refractivity contribution >= 4 is 27.3 Å². The van der Waals surface area contributed by atoms with Gasteiger partial charge < -0.3 is 0 Å². The Labute approximate surface area is 137 Å². The van der Waals surface area contributed by atoms with Crippen molar-refractivity contribution in [3.8, 4) is 21.8 Å². The first-order valence-electron chi connectivity index (χ1n) is 6.72. The van der Waals surface area contributed by atoms with Gasteiger partial charge in [0.15, 0.2) is 0 Å². The number of nitrogens with zero attached hydrogens (tertiary/aromatic N) is 2. The van der Waals surface area contributed by atoms with Gasteiger partial charge in [0.2, 0.25) is 0 Å². The van der Waals surface area contributed by atoms with Crippen LogP contribution in [0.3, 0.4) is 0 Å². The minimum Gasteiger partial charge on any atom is -0.258 e. The van der Waals surface area contributed by atoms with E-state index in [0.29, 0.717) is 0 Å². The summed E-state index contributed by atoms with van der Waals surface area (Å²) < 4.78 is 1.08. The van der Waals surface area contributed by atoms with Crippen LogP contribution in [0.5, 0.6) is 0 Å². The summed E-state index contributed by atoms with van der Waals surface area (Å²) in [7, 11) is 0. The van der Waals surface area contributed by atoms with E-state index in [2.05, 4.69) is 52.1 Å². The highest BCUT2D eigenvalue weighted by Gasteiger charge is 2.13. The van der Waals surface area contributed by atoms with Crippen molar-refractivity contribution in [3.63, 3.8) is 0 Å². The molecule has 1 aromatic carbocycles. The second-order valence-corrected chi connectivity index (χ2v) is 7.10. The first-order valence-corrected chi connectivity index (χ1v) is 8.33. The van der Waals surface area contributed by atoms with Crippen LogP contribution in [0.4, 0.5) is 0 Å². The zero-order valence-electron chi connectivity index (χ0n) is 12.1. The van der Waals surface area contributed by atoms with Crippen molar-refractivity contribution in [1.82, 2.24) is 9.97 Å². The highest BCUT2D eigenvalue weighted by atomic mass is 79.9. The molecule has 0 radical (unpaired) electrons. The molecule has 3 aromatic rings. The van der Waals surface area contributed by atoms with Crippen LogP contribution in [0.25, 0.3) is 21.8 Å². The quantitative estimate of drug-likeness (QED) is 0.599. The van der Waals surface area contributed by atoms with Gasteiger partial charge in [0.25, 0.3) is 0 Å². The summed E-state index contributed by atoms with van der Waals surface area (Å²) in [5, 5.41) is 1.05. The molecule has 0 saturated carbocycles. The molecular formula is C17H15BrN2S. The molecule has 0 unspecified atom stereocenters. The fraction of sp³-hybridized carbons (Fsp3) is 0.176. The Balaban J connectivity index is 2.12. The molecule has 0 bridgehead atoms. The molecule has 2 heterocycles. The Hall–Kier alpha value is -1.52. The molecule has 2 nitrogen and oxygen atoms in total. The van der Waals surface area contributed by atoms with E-state index in [1.807, 2.05) is 26.0 Å². The lowest BCUT2D eigenvalue weighted by Crippen LogP contribution is -1.88. The maximum atomic E-state index is 4.85. The lowest BCUT2D eigenvalue weighted by molar-refractivity contribution is 1.12. The maximum absolute atomic E-state index is 4.85. The summed E-state index contributed by atoms with van der Waals surface area (Å²) in [5.41, 5.74) is 5.39. The van der Waals surface area contributed by atoms with Gasteiger partial charge >= 0.3 is 0 Å². The zero-order chi connectivity index (χ0) is 15.0. The summed E-state index contributed by atoms with van der Waals surface area (Å²) in [6, 6.07) is 12.4. The number of thiazole rings is 1. The number of halogens is 1. The van der Waals surface area contributed by atoms with E-state index in [4.69, 9.17) is 4.98 Å². The number of benzene rings is 1. The number of hydrogen-bond acceptors (Lipinski definition) is 3. The van der Waals surface area contributed by atoms with E-state index in [9.17, 15) is 0 Å². The van der Waals surface area contributed by atoms with Gasteiger partial charge in [-0.05, 0) is 39.0 Å². The third kappa shape index (κ3) is 2.92. The number of rotatable bonds is 2. The Kier molecular flexibility index (Phi) is 3.91. The molecule has 4 heteroatoms. The van der Waals surface area contributed by atoms with E-state index in [1.165, 1.54) is 4.88 Å². The smallest absolute Gasteiger partial charge is 0.124 e. The van der Waals surface area contributed by atoms with E-state index < -0.39 is 0 Å². The fourth-order valence-electron chi connectivity index (χ4n) is 2.38. The predicted octanol–water partition coefficient (Wildman–Crippen LogP) is 5.56. The molecule has 0 N–H and O–H groups in total. The standard InChI is InChI=1S/C17H15BrN2S/c1-10-8-13(9-11(2)19-10)17-20-16(12(3)21-17)14-6-4-5-7-15(14)18/h4-9H,1-3H3. The zero-order valence-corrected chi connectivity index (χ0v) is 14.5. The van der Waals surface area contributed by atoms with Gasteiger partial charge in [-0.15, -0.1) is 11.3 Å². The van der Waals surface area contributed by atoms with Gasteiger partial charge in [0.1, 0.15) is 5.01 Å². The third-order valence-corrected chi connectivity index (χ3v) is 4.97. The second-order valence-electron chi connectivity index (χ2n) is 5.04. The molecule has 21 heavy (non-hydrogen) atoms. The molecule has 2 aromatic heterocycles. The highest BCUT2D eigenvalue weighted by molar-refractivity contribution is 9.10. The van der Waals surface area contributed by atoms with Crippen LogP contribution < -0.4 is 0 Å². The van der Waals surface area contributed by atoms with Gasteiger partial charge in [0, 0.05) is 31.9 Å². The van der Waals surface area contributed by atoms with Crippen molar-refractivity contribution in [3.05, 3.63) is 57.1 Å². The fourth-order valence-corrected chi connectivity index (χ4v) is 3.77. The van der Waals surface area contributed by atoms with E-state index in [-0.39, 0.29) is 0 Å². The third-order valence-electron chi connectivity index (χ3n) is 3.25. The summed E-state index contributed by atoms with van der Waals surface area (Å²) in [5.74, 6) is 0. The summed E-state index contributed by atoms with van der Waals surface area (Å²) in [6.07, 6.45) is 0. The Bertz CT molecular complexity index is 788. The second kappa shape index (κ2) is 5.70. The molecule has 0 aliphatic rings. The molecule has 0 atom stereocenters. The summed E-state index contributed by atoms with van der Waals surface area (Å²) in [4.78, 5) is 10.5. The number of aromatic nitrogens is 2.